The Balaban J connectivity index is 1.52. The number of β-amino-alcohol motifs (C(OH)–C–C–N with tert-alkyl or cyclic N) is 1. The van der Waals surface area contributed by atoms with Crippen LogP contribution in [0.3, 0.4) is 0 Å². The summed E-state index contributed by atoms with van der Waals surface area (Å²) >= 11 is 0. The molecule has 1 amide bonds. The van der Waals surface area contributed by atoms with Crippen LogP contribution >= 0.6 is 0 Å². The first-order chi connectivity index (χ1) is 8.74. The van der Waals surface area contributed by atoms with Crippen LogP contribution in [0.5, 0.6) is 0 Å². The SMILES string of the molecule is O=C(OCc1ccccc1)N1CC(O)C2OC2C1. The number of likely N-dealkylation sites (tertiary alicyclic amines) is 1. The number of hydrogen-bond donors (Lipinski definition) is 1. The number of carbonyl (C=O) groups excluding carboxylic acids is 1. The van der Waals surface area contributed by atoms with E-state index in [0.29, 0.717) is 6.54 Å². The van der Waals surface area contributed by atoms with Gasteiger partial charge in [-0.25, -0.2) is 4.79 Å². The maximum absolute atomic E-state index is 11.8. The monoisotopic (exact) mass is 249 g/mol. The highest BCUT2D eigenvalue weighted by atomic mass is 16.6. The summed E-state index contributed by atoms with van der Waals surface area (Å²) in [6.45, 7) is 1.05. The molecule has 5 heteroatoms. The minimum atomic E-state index is -0.590. The smallest absolute Gasteiger partial charge is 0.410 e. The Hall–Kier alpha value is -1.59. The average molecular weight is 249 g/mol. The topological polar surface area (TPSA) is 62.3 Å². The van der Waals surface area contributed by atoms with Gasteiger partial charge in [-0.2, -0.15) is 0 Å². The van der Waals surface area contributed by atoms with Gasteiger partial charge in [-0.3, -0.25) is 0 Å². The van der Waals surface area contributed by atoms with E-state index in [-0.39, 0.29) is 25.4 Å². The maximum atomic E-state index is 11.8. The molecule has 5 nitrogen and oxygen atoms in total. The number of rotatable bonds is 2. The predicted octanol–water partition coefficient (Wildman–Crippen LogP) is 0.767. The summed E-state index contributed by atoms with van der Waals surface area (Å²) in [4.78, 5) is 13.3. The van der Waals surface area contributed by atoms with Crippen molar-refractivity contribution in [2.24, 2.45) is 0 Å². The molecular weight excluding hydrogens is 234 g/mol. The Morgan fingerprint density at radius 3 is 2.89 bits per heavy atom. The van der Waals surface area contributed by atoms with Crippen LogP contribution in [0.4, 0.5) is 4.79 Å². The van der Waals surface area contributed by atoms with E-state index in [9.17, 15) is 9.90 Å². The highest BCUT2D eigenvalue weighted by molar-refractivity contribution is 5.68. The highest BCUT2D eigenvalue weighted by Crippen LogP contribution is 2.31. The van der Waals surface area contributed by atoms with E-state index in [1.165, 1.54) is 4.90 Å². The van der Waals surface area contributed by atoms with Gasteiger partial charge in [0, 0.05) is 0 Å². The van der Waals surface area contributed by atoms with Crippen molar-refractivity contribution in [1.29, 1.82) is 0 Å². The number of piperidine rings is 1. The van der Waals surface area contributed by atoms with Crippen LogP contribution in [0.1, 0.15) is 5.56 Å². The molecule has 2 aliphatic rings. The van der Waals surface area contributed by atoms with Crippen LogP contribution < -0.4 is 0 Å². The molecule has 1 aromatic carbocycles. The summed E-state index contributed by atoms with van der Waals surface area (Å²) in [6, 6.07) is 9.51. The van der Waals surface area contributed by atoms with Gasteiger partial charge in [-0.05, 0) is 5.56 Å². The number of nitrogens with zero attached hydrogens (tertiary/aromatic N) is 1. The van der Waals surface area contributed by atoms with E-state index < -0.39 is 12.2 Å². The van der Waals surface area contributed by atoms with Gasteiger partial charge in [-0.1, -0.05) is 30.3 Å². The minimum absolute atomic E-state index is 0.0157. The van der Waals surface area contributed by atoms with Gasteiger partial charge in [0.25, 0.3) is 0 Å². The van der Waals surface area contributed by atoms with E-state index in [1.807, 2.05) is 30.3 Å². The largest absolute Gasteiger partial charge is 0.445 e. The number of amides is 1. The van der Waals surface area contributed by atoms with Crippen LogP contribution in [0.25, 0.3) is 0 Å². The summed E-state index contributed by atoms with van der Waals surface area (Å²) in [7, 11) is 0. The number of aliphatic hydroxyl groups is 1. The van der Waals surface area contributed by atoms with Gasteiger partial charge in [0.2, 0.25) is 0 Å². The van der Waals surface area contributed by atoms with Crippen molar-refractivity contribution in [2.45, 2.75) is 24.9 Å². The molecule has 2 saturated heterocycles. The summed E-state index contributed by atoms with van der Waals surface area (Å²) in [5.74, 6) is 0. The quantitative estimate of drug-likeness (QED) is 0.786. The molecule has 1 N–H and O–H groups in total. The van der Waals surface area contributed by atoms with Crippen LogP contribution in [0.2, 0.25) is 0 Å². The van der Waals surface area contributed by atoms with E-state index >= 15 is 0 Å². The molecule has 18 heavy (non-hydrogen) atoms. The van der Waals surface area contributed by atoms with Crippen molar-refractivity contribution in [3.05, 3.63) is 35.9 Å². The number of aliphatic hydroxyl groups excluding tert-OH is 1. The molecule has 0 aliphatic carbocycles. The van der Waals surface area contributed by atoms with Gasteiger partial charge >= 0.3 is 6.09 Å². The van der Waals surface area contributed by atoms with Gasteiger partial charge in [0.1, 0.15) is 24.9 Å². The Labute approximate surface area is 105 Å². The van der Waals surface area contributed by atoms with Crippen LogP contribution in [0.15, 0.2) is 30.3 Å². The first-order valence-electron chi connectivity index (χ1n) is 6.03. The predicted molar refractivity (Wildman–Crippen MR) is 62.9 cm³/mol. The van der Waals surface area contributed by atoms with Crippen LogP contribution in [-0.4, -0.2) is 47.5 Å². The molecule has 96 valence electrons. The average Bonchev–Trinajstić information content (AvgIpc) is 3.17. The standard InChI is InChI=1S/C13H15NO4/c15-10-6-14(7-11-12(10)18-11)13(16)17-8-9-4-2-1-3-5-9/h1-5,10-12,15H,6-8H2. The number of fused-ring (bicyclic) bond motifs is 1. The van der Waals surface area contributed by atoms with E-state index in [2.05, 4.69) is 0 Å². The first-order valence-corrected chi connectivity index (χ1v) is 6.03. The molecule has 1 aromatic rings. The number of hydrogen-bond acceptors (Lipinski definition) is 4. The molecule has 3 atom stereocenters. The Morgan fingerprint density at radius 2 is 2.17 bits per heavy atom. The van der Waals surface area contributed by atoms with E-state index in [4.69, 9.17) is 9.47 Å². The number of carbonyl (C=O) groups is 1. The van der Waals surface area contributed by atoms with Gasteiger partial charge in [0.15, 0.2) is 0 Å². The fraction of sp³-hybridized carbons (Fsp3) is 0.462. The van der Waals surface area contributed by atoms with Crippen molar-refractivity contribution in [3.63, 3.8) is 0 Å². The molecule has 3 rings (SSSR count). The van der Waals surface area contributed by atoms with Gasteiger partial charge < -0.3 is 19.5 Å². The molecule has 0 spiro atoms. The normalized spacial score (nSPS) is 29.6. The highest BCUT2D eigenvalue weighted by Gasteiger charge is 2.50. The molecule has 0 bridgehead atoms. The second kappa shape index (κ2) is 4.59. The van der Waals surface area contributed by atoms with Crippen molar-refractivity contribution < 1.29 is 19.4 Å². The molecule has 3 unspecified atom stereocenters. The zero-order valence-electron chi connectivity index (χ0n) is 9.86. The number of epoxide rings is 1. The number of ether oxygens (including phenoxy) is 2. The summed E-state index contributed by atoms with van der Waals surface area (Å²) in [5.41, 5.74) is 0.948. The van der Waals surface area contributed by atoms with Gasteiger partial charge in [0.05, 0.1) is 13.1 Å². The summed E-state index contributed by atoms with van der Waals surface area (Å²) in [5, 5.41) is 9.65. The third-order valence-corrected chi connectivity index (χ3v) is 3.27. The Bertz CT molecular complexity index is 436. The Morgan fingerprint density at radius 1 is 1.39 bits per heavy atom. The van der Waals surface area contributed by atoms with Crippen LogP contribution in [-0.2, 0) is 16.1 Å². The minimum Gasteiger partial charge on any atom is -0.445 e. The van der Waals surface area contributed by atoms with E-state index in [1.54, 1.807) is 0 Å². The van der Waals surface area contributed by atoms with Crippen molar-refractivity contribution in [1.82, 2.24) is 4.90 Å². The lowest BCUT2D eigenvalue weighted by Crippen LogP contribution is -2.46. The third-order valence-electron chi connectivity index (χ3n) is 3.27. The molecule has 0 saturated carbocycles. The molecule has 2 heterocycles. The van der Waals surface area contributed by atoms with Crippen molar-refractivity contribution in [2.75, 3.05) is 13.1 Å². The van der Waals surface area contributed by atoms with E-state index in [0.717, 1.165) is 5.56 Å². The lowest BCUT2D eigenvalue weighted by molar-refractivity contribution is 0.0553. The second-order valence-corrected chi connectivity index (χ2v) is 4.65. The maximum Gasteiger partial charge on any atom is 0.410 e. The Kier molecular flexibility index (Phi) is 2.93. The lowest BCUT2D eigenvalue weighted by Gasteiger charge is -2.26. The zero-order valence-corrected chi connectivity index (χ0v) is 9.86. The van der Waals surface area contributed by atoms with Crippen molar-refractivity contribution in [3.8, 4) is 0 Å². The molecule has 0 aromatic heterocycles. The van der Waals surface area contributed by atoms with Crippen LogP contribution in [0, 0.1) is 0 Å². The molecule has 2 aliphatic heterocycles. The fourth-order valence-electron chi connectivity index (χ4n) is 2.22. The zero-order chi connectivity index (χ0) is 12.5. The lowest BCUT2D eigenvalue weighted by atomic mass is 10.1. The molecule has 0 radical (unpaired) electrons. The summed E-state index contributed by atoms with van der Waals surface area (Å²) in [6.07, 6.45) is -1.08. The number of benzene rings is 1. The third kappa shape index (κ3) is 2.32. The molecular formula is C13H15NO4. The van der Waals surface area contributed by atoms with Crippen molar-refractivity contribution >= 4 is 6.09 Å². The molecule has 2 fully saturated rings. The fourth-order valence-corrected chi connectivity index (χ4v) is 2.22. The summed E-state index contributed by atoms with van der Waals surface area (Å²) < 4.78 is 10.4. The second-order valence-electron chi connectivity index (χ2n) is 4.65. The first kappa shape index (κ1) is 11.5. The van der Waals surface area contributed by atoms with Gasteiger partial charge in [-0.15, -0.1) is 0 Å².